The minimum atomic E-state index is -0.0935. The zero-order chi connectivity index (χ0) is 14.3. The van der Waals surface area contributed by atoms with Gasteiger partial charge in [0.2, 0.25) is 0 Å². The fourth-order valence-electron chi connectivity index (χ4n) is 1.54. The van der Waals surface area contributed by atoms with Gasteiger partial charge >= 0.3 is 0 Å². The molecule has 1 aromatic carbocycles. The van der Waals surface area contributed by atoms with Crippen LogP contribution in [-0.4, -0.2) is 25.2 Å². The lowest BCUT2D eigenvalue weighted by atomic mass is 10.2. The zero-order valence-electron chi connectivity index (χ0n) is 11.4. The lowest BCUT2D eigenvalue weighted by Gasteiger charge is -2.08. The van der Waals surface area contributed by atoms with Gasteiger partial charge in [0.05, 0.1) is 6.10 Å². The van der Waals surface area contributed by atoms with E-state index in [2.05, 4.69) is 21.2 Å². The highest BCUT2D eigenvalue weighted by atomic mass is 79.9. The maximum Gasteiger partial charge on any atom is 0.251 e. The quantitative estimate of drug-likeness (QED) is 0.597. The summed E-state index contributed by atoms with van der Waals surface area (Å²) >= 11 is 3.30. The third-order valence-corrected chi connectivity index (χ3v) is 3.29. The Morgan fingerprint density at radius 1 is 1.42 bits per heavy atom. The number of halogens is 1. The molecule has 0 spiro atoms. The fraction of sp³-hybridized carbons (Fsp3) is 0.500. The van der Waals surface area contributed by atoms with E-state index >= 15 is 0 Å². The number of carbonyl (C=O) groups excluding carboxylic acids is 1. The van der Waals surface area contributed by atoms with Crippen LogP contribution >= 0.6 is 15.9 Å². The lowest BCUT2D eigenvalue weighted by Crippen LogP contribution is -2.24. The fourth-order valence-corrected chi connectivity index (χ4v) is 1.78. The van der Waals surface area contributed by atoms with E-state index in [4.69, 9.17) is 10.5 Å². The van der Waals surface area contributed by atoms with Gasteiger partial charge in [-0.15, -0.1) is 0 Å². The van der Waals surface area contributed by atoms with E-state index in [-0.39, 0.29) is 12.0 Å². The molecule has 1 rings (SSSR count). The second kappa shape index (κ2) is 8.17. The van der Waals surface area contributed by atoms with E-state index < -0.39 is 0 Å². The van der Waals surface area contributed by atoms with E-state index in [1.165, 1.54) is 0 Å². The number of rotatable bonds is 7. The molecule has 3 N–H and O–H groups in total. The molecule has 19 heavy (non-hydrogen) atoms. The minimum absolute atomic E-state index is 0.0935. The Morgan fingerprint density at radius 2 is 2.16 bits per heavy atom. The van der Waals surface area contributed by atoms with Crippen molar-refractivity contribution in [1.29, 1.82) is 0 Å². The average molecular weight is 329 g/mol. The molecule has 0 saturated carbocycles. The highest BCUT2D eigenvalue weighted by Gasteiger charge is 2.06. The maximum absolute atomic E-state index is 11.8. The number of nitrogen functional groups attached to an aromatic ring is 1. The van der Waals surface area contributed by atoms with E-state index in [0.717, 1.165) is 23.9 Å². The summed E-state index contributed by atoms with van der Waals surface area (Å²) in [5.41, 5.74) is 6.89. The summed E-state index contributed by atoms with van der Waals surface area (Å²) in [6, 6.07) is 5.19. The van der Waals surface area contributed by atoms with Crippen molar-refractivity contribution in [2.75, 3.05) is 18.9 Å². The molecule has 0 aromatic heterocycles. The van der Waals surface area contributed by atoms with Crippen LogP contribution in [0.2, 0.25) is 0 Å². The van der Waals surface area contributed by atoms with Crippen molar-refractivity contribution in [3.63, 3.8) is 0 Å². The Bertz CT molecular complexity index is 422. The second-order valence-corrected chi connectivity index (χ2v) is 5.47. The molecule has 0 aliphatic heterocycles. The van der Waals surface area contributed by atoms with Crippen molar-refractivity contribution in [3.05, 3.63) is 28.2 Å². The molecule has 0 atom stereocenters. The van der Waals surface area contributed by atoms with Gasteiger partial charge in [0.1, 0.15) is 0 Å². The van der Waals surface area contributed by atoms with E-state index in [9.17, 15) is 4.79 Å². The van der Waals surface area contributed by atoms with Crippen molar-refractivity contribution in [3.8, 4) is 0 Å². The van der Waals surface area contributed by atoms with Crippen molar-refractivity contribution < 1.29 is 9.53 Å². The average Bonchev–Trinajstić information content (AvgIpc) is 2.36. The molecule has 0 bridgehead atoms. The van der Waals surface area contributed by atoms with Crippen molar-refractivity contribution in [2.45, 2.75) is 32.8 Å². The topological polar surface area (TPSA) is 64.3 Å². The van der Waals surface area contributed by atoms with Gasteiger partial charge in [-0.25, -0.2) is 0 Å². The van der Waals surface area contributed by atoms with E-state index in [0.29, 0.717) is 17.8 Å². The van der Waals surface area contributed by atoms with Gasteiger partial charge in [-0.2, -0.15) is 0 Å². The Hall–Kier alpha value is -1.07. The molecular weight excluding hydrogens is 308 g/mol. The summed E-state index contributed by atoms with van der Waals surface area (Å²) in [6.45, 7) is 5.41. The van der Waals surface area contributed by atoms with Crippen molar-refractivity contribution in [1.82, 2.24) is 5.32 Å². The Kier molecular flexibility index (Phi) is 6.87. The molecular formula is C14H21BrN2O2. The summed E-state index contributed by atoms with van der Waals surface area (Å²) in [4.78, 5) is 11.8. The van der Waals surface area contributed by atoms with Crippen LogP contribution in [0.5, 0.6) is 0 Å². The molecule has 1 aromatic rings. The number of unbranched alkanes of at least 4 members (excludes halogenated alkanes) is 1. The van der Waals surface area contributed by atoms with Crippen LogP contribution in [-0.2, 0) is 4.74 Å². The monoisotopic (exact) mass is 328 g/mol. The van der Waals surface area contributed by atoms with Gasteiger partial charge in [-0.3, -0.25) is 4.79 Å². The first-order valence-electron chi connectivity index (χ1n) is 6.45. The Morgan fingerprint density at radius 3 is 2.79 bits per heavy atom. The van der Waals surface area contributed by atoms with Gasteiger partial charge in [-0.1, -0.05) is 0 Å². The molecule has 0 fully saturated rings. The Labute approximate surface area is 122 Å². The van der Waals surface area contributed by atoms with E-state index in [1.807, 2.05) is 13.8 Å². The van der Waals surface area contributed by atoms with Crippen molar-refractivity contribution >= 4 is 27.5 Å². The molecule has 0 aliphatic carbocycles. The Balaban J connectivity index is 2.26. The highest BCUT2D eigenvalue weighted by molar-refractivity contribution is 9.10. The number of carbonyl (C=O) groups is 1. The zero-order valence-corrected chi connectivity index (χ0v) is 13.0. The van der Waals surface area contributed by atoms with Gasteiger partial charge < -0.3 is 15.8 Å². The smallest absolute Gasteiger partial charge is 0.251 e. The normalized spacial score (nSPS) is 10.7. The van der Waals surface area contributed by atoms with Crippen LogP contribution in [0.1, 0.15) is 37.0 Å². The molecule has 4 nitrogen and oxygen atoms in total. The predicted octanol–water partition coefficient (Wildman–Crippen LogP) is 2.97. The van der Waals surface area contributed by atoms with E-state index in [1.54, 1.807) is 18.2 Å². The summed E-state index contributed by atoms with van der Waals surface area (Å²) in [6.07, 6.45) is 2.12. The minimum Gasteiger partial charge on any atom is -0.398 e. The van der Waals surface area contributed by atoms with Gasteiger partial charge in [0.25, 0.3) is 5.91 Å². The molecule has 0 heterocycles. The standard InChI is InChI=1S/C14H21BrN2O2/c1-10(2)19-8-4-3-7-17-14(18)11-5-6-12(15)13(16)9-11/h5-6,9-10H,3-4,7-8,16H2,1-2H3,(H,17,18). The number of hydrogen-bond donors (Lipinski definition) is 2. The first kappa shape index (κ1) is 16.0. The molecule has 0 saturated heterocycles. The maximum atomic E-state index is 11.8. The highest BCUT2D eigenvalue weighted by Crippen LogP contribution is 2.20. The number of nitrogens with one attached hydrogen (secondary N) is 1. The van der Waals surface area contributed by atoms with Crippen LogP contribution < -0.4 is 11.1 Å². The third kappa shape index (κ3) is 6.07. The SMILES string of the molecule is CC(C)OCCCCNC(=O)c1ccc(Br)c(N)c1. The molecule has 0 unspecified atom stereocenters. The molecule has 106 valence electrons. The van der Waals surface area contributed by atoms with Gasteiger partial charge in [0.15, 0.2) is 0 Å². The lowest BCUT2D eigenvalue weighted by molar-refractivity contribution is 0.0754. The molecule has 0 radical (unpaired) electrons. The summed E-state index contributed by atoms with van der Waals surface area (Å²) in [7, 11) is 0. The summed E-state index contributed by atoms with van der Waals surface area (Å²) in [5.74, 6) is -0.0935. The first-order chi connectivity index (χ1) is 9.00. The number of ether oxygens (including phenoxy) is 1. The number of benzene rings is 1. The summed E-state index contributed by atoms with van der Waals surface area (Å²) in [5, 5.41) is 2.87. The van der Waals surface area contributed by atoms with Crippen molar-refractivity contribution in [2.24, 2.45) is 0 Å². The largest absolute Gasteiger partial charge is 0.398 e. The van der Waals surface area contributed by atoms with Crippen LogP contribution in [0, 0.1) is 0 Å². The number of hydrogen-bond acceptors (Lipinski definition) is 3. The first-order valence-corrected chi connectivity index (χ1v) is 7.25. The molecule has 1 amide bonds. The molecule has 0 aliphatic rings. The van der Waals surface area contributed by atoms with Crippen LogP contribution in [0.15, 0.2) is 22.7 Å². The van der Waals surface area contributed by atoms with Gasteiger partial charge in [0, 0.05) is 28.9 Å². The van der Waals surface area contributed by atoms with Crippen LogP contribution in [0.3, 0.4) is 0 Å². The summed E-state index contributed by atoms with van der Waals surface area (Å²) < 4.78 is 6.23. The third-order valence-electron chi connectivity index (χ3n) is 2.57. The van der Waals surface area contributed by atoms with Gasteiger partial charge in [-0.05, 0) is 60.8 Å². The van der Waals surface area contributed by atoms with Crippen LogP contribution in [0.4, 0.5) is 5.69 Å². The number of amides is 1. The second-order valence-electron chi connectivity index (χ2n) is 4.62. The predicted molar refractivity (Wildman–Crippen MR) is 81.2 cm³/mol. The van der Waals surface area contributed by atoms with Crippen LogP contribution in [0.25, 0.3) is 0 Å². The number of anilines is 1. The number of nitrogens with two attached hydrogens (primary N) is 1. The molecule has 5 heteroatoms.